The van der Waals surface area contributed by atoms with E-state index in [9.17, 15) is 9.59 Å². The summed E-state index contributed by atoms with van der Waals surface area (Å²) in [5, 5.41) is 5.80. The van der Waals surface area contributed by atoms with Gasteiger partial charge in [0, 0.05) is 25.1 Å². The van der Waals surface area contributed by atoms with Crippen molar-refractivity contribution in [3.63, 3.8) is 0 Å². The van der Waals surface area contributed by atoms with Crippen molar-refractivity contribution in [2.75, 3.05) is 11.9 Å². The predicted octanol–water partition coefficient (Wildman–Crippen LogP) is 3.05. The van der Waals surface area contributed by atoms with Crippen molar-refractivity contribution in [1.29, 1.82) is 0 Å². The smallest absolute Gasteiger partial charge is 0.244 e. The maximum atomic E-state index is 12.6. The lowest BCUT2D eigenvalue weighted by molar-refractivity contribution is -0.120. The van der Waals surface area contributed by atoms with Crippen molar-refractivity contribution in [2.45, 2.75) is 33.2 Å². The Balaban J connectivity index is 1.78. The first-order valence-corrected chi connectivity index (χ1v) is 9.14. The number of para-hydroxylation sites is 2. The molecule has 2 amide bonds. The molecule has 6 nitrogen and oxygen atoms in total. The number of hydrogen-bond acceptors (Lipinski definition) is 3. The van der Waals surface area contributed by atoms with Gasteiger partial charge in [0.1, 0.15) is 12.4 Å². The summed E-state index contributed by atoms with van der Waals surface area (Å²) in [6.07, 6.45) is 1.02. The van der Waals surface area contributed by atoms with Crippen LogP contribution in [-0.4, -0.2) is 27.9 Å². The minimum Gasteiger partial charge on any atom is -0.356 e. The Morgan fingerprint density at radius 1 is 1.07 bits per heavy atom. The molecular formula is C21H24N4O2. The zero-order valence-corrected chi connectivity index (χ0v) is 15.7. The number of nitrogens with one attached hydrogen (secondary N) is 2. The van der Waals surface area contributed by atoms with Gasteiger partial charge in [0.05, 0.1) is 11.0 Å². The monoisotopic (exact) mass is 364 g/mol. The van der Waals surface area contributed by atoms with Crippen LogP contribution < -0.4 is 10.6 Å². The number of hydrogen-bond donors (Lipinski definition) is 2. The lowest BCUT2D eigenvalue weighted by atomic mass is 10.2. The van der Waals surface area contributed by atoms with E-state index in [1.165, 1.54) is 0 Å². The molecule has 0 spiro atoms. The first kappa shape index (κ1) is 18.6. The van der Waals surface area contributed by atoms with E-state index in [0.29, 0.717) is 19.4 Å². The number of benzene rings is 2. The molecule has 3 rings (SSSR count). The zero-order chi connectivity index (χ0) is 19.2. The van der Waals surface area contributed by atoms with Crippen LogP contribution in [0.3, 0.4) is 0 Å². The summed E-state index contributed by atoms with van der Waals surface area (Å²) in [6.45, 7) is 4.48. The number of aryl methyl sites for hydroxylation is 1. The summed E-state index contributed by atoms with van der Waals surface area (Å²) < 4.78 is 1.92. The van der Waals surface area contributed by atoms with E-state index in [0.717, 1.165) is 28.1 Å². The molecule has 1 heterocycles. The van der Waals surface area contributed by atoms with Gasteiger partial charge >= 0.3 is 0 Å². The van der Waals surface area contributed by atoms with Crippen LogP contribution in [-0.2, 0) is 22.6 Å². The van der Waals surface area contributed by atoms with Crippen LogP contribution in [0.25, 0.3) is 11.0 Å². The normalized spacial score (nSPS) is 10.7. The minimum atomic E-state index is -0.109. The van der Waals surface area contributed by atoms with Crippen molar-refractivity contribution in [2.24, 2.45) is 0 Å². The molecule has 0 fully saturated rings. The summed E-state index contributed by atoms with van der Waals surface area (Å²) >= 11 is 0. The fraction of sp³-hybridized carbons (Fsp3) is 0.286. The van der Waals surface area contributed by atoms with E-state index in [2.05, 4.69) is 15.6 Å². The second kappa shape index (κ2) is 8.49. The van der Waals surface area contributed by atoms with Gasteiger partial charge in [-0.05, 0) is 36.8 Å². The first-order chi connectivity index (χ1) is 13.1. The second-order valence-corrected chi connectivity index (χ2v) is 6.47. The maximum Gasteiger partial charge on any atom is 0.244 e. The molecule has 0 atom stereocenters. The average molecular weight is 364 g/mol. The Hall–Kier alpha value is -3.15. The number of carbonyl (C=O) groups excluding carboxylic acids is 2. The number of carbonyl (C=O) groups is 2. The predicted molar refractivity (Wildman–Crippen MR) is 107 cm³/mol. The van der Waals surface area contributed by atoms with Gasteiger partial charge in [-0.2, -0.15) is 0 Å². The molecule has 2 aromatic carbocycles. The van der Waals surface area contributed by atoms with Gasteiger partial charge in [0.2, 0.25) is 11.8 Å². The SMILES string of the molecule is CCC(=O)NCCc1nc2ccccc2n1CC(=O)Nc1cccc(C)c1. The van der Waals surface area contributed by atoms with Gasteiger partial charge in [-0.25, -0.2) is 4.98 Å². The number of imidazole rings is 1. The second-order valence-electron chi connectivity index (χ2n) is 6.47. The van der Waals surface area contributed by atoms with Gasteiger partial charge in [-0.15, -0.1) is 0 Å². The fourth-order valence-corrected chi connectivity index (χ4v) is 3.00. The van der Waals surface area contributed by atoms with Crippen molar-refractivity contribution in [3.05, 3.63) is 59.9 Å². The van der Waals surface area contributed by atoms with Gasteiger partial charge in [-0.1, -0.05) is 31.2 Å². The Kier molecular flexibility index (Phi) is 5.86. The molecule has 1 aromatic heterocycles. The fourth-order valence-electron chi connectivity index (χ4n) is 3.00. The number of nitrogens with zero attached hydrogens (tertiary/aromatic N) is 2. The number of amides is 2. The summed E-state index contributed by atoms with van der Waals surface area (Å²) in [5.41, 5.74) is 3.63. The van der Waals surface area contributed by atoms with Crippen LogP contribution in [0.2, 0.25) is 0 Å². The molecule has 0 saturated carbocycles. The number of fused-ring (bicyclic) bond motifs is 1. The lowest BCUT2D eigenvalue weighted by Crippen LogP contribution is -2.26. The van der Waals surface area contributed by atoms with Gasteiger partial charge in [0.15, 0.2) is 0 Å². The Morgan fingerprint density at radius 3 is 2.67 bits per heavy atom. The molecule has 27 heavy (non-hydrogen) atoms. The van der Waals surface area contributed by atoms with Gasteiger partial charge in [0.25, 0.3) is 0 Å². The third-order valence-electron chi connectivity index (χ3n) is 4.33. The third kappa shape index (κ3) is 4.73. The molecule has 3 aromatic rings. The summed E-state index contributed by atoms with van der Waals surface area (Å²) in [5.74, 6) is 0.685. The third-order valence-corrected chi connectivity index (χ3v) is 4.33. The lowest BCUT2D eigenvalue weighted by Gasteiger charge is -2.11. The molecule has 140 valence electrons. The minimum absolute atomic E-state index is 0.00912. The Labute approximate surface area is 158 Å². The zero-order valence-electron chi connectivity index (χ0n) is 15.7. The highest BCUT2D eigenvalue weighted by molar-refractivity contribution is 5.91. The topological polar surface area (TPSA) is 76.0 Å². The molecule has 0 radical (unpaired) electrons. The van der Waals surface area contributed by atoms with Crippen LogP contribution in [0.15, 0.2) is 48.5 Å². The van der Waals surface area contributed by atoms with Crippen LogP contribution in [0.4, 0.5) is 5.69 Å². The van der Waals surface area contributed by atoms with Crippen molar-refractivity contribution in [1.82, 2.24) is 14.9 Å². The van der Waals surface area contributed by atoms with Crippen molar-refractivity contribution in [3.8, 4) is 0 Å². The van der Waals surface area contributed by atoms with E-state index in [4.69, 9.17) is 0 Å². The average Bonchev–Trinajstić information content (AvgIpc) is 2.99. The van der Waals surface area contributed by atoms with Crippen LogP contribution >= 0.6 is 0 Å². The van der Waals surface area contributed by atoms with E-state index in [1.807, 2.05) is 66.9 Å². The van der Waals surface area contributed by atoms with Crippen LogP contribution in [0, 0.1) is 6.92 Å². The van der Waals surface area contributed by atoms with Crippen LogP contribution in [0.1, 0.15) is 24.7 Å². The van der Waals surface area contributed by atoms with E-state index in [-0.39, 0.29) is 18.4 Å². The molecule has 6 heteroatoms. The largest absolute Gasteiger partial charge is 0.356 e. The first-order valence-electron chi connectivity index (χ1n) is 9.14. The van der Waals surface area contributed by atoms with E-state index < -0.39 is 0 Å². The summed E-state index contributed by atoms with van der Waals surface area (Å²) in [4.78, 5) is 28.7. The molecule has 0 aliphatic heterocycles. The van der Waals surface area contributed by atoms with Crippen molar-refractivity contribution >= 4 is 28.5 Å². The highest BCUT2D eigenvalue weighted by Crippen LogP contribution is 2.17. The van der Waals surface area contributed by atoms with Crippen molar-refractivity contribution < 1.29 is 9.59 Å². The number of anilines is 1. The van der Waals surface area contributed by atoms with Gasteiger partial charge in [-0.3, -0.25) is 9.59 Å². The Bertz CT molecular complexity index is 962. The van der Waals surface area contributed by atoms with Crippen LogP contribution in [0.5, 0.6) is 0 Å². The molecule has 0 aliphatic carbocycles. The molecular weight excluding hydrogens is 340 g/mol. The van der Waals surface area contributed by atoms with E-state index in [1.54, 1.807) is 0 Å². The molecule has 0 saturated heterocycles. The van der Waals surface area contributed by atoms with Gasteiger partial charge < -0.3 is 15.2 Å². The van der Waals surface area contributed by atoms with E-state index >= 15 is 0 Å². The summed E-state index contributed by atoms with van der Waals surface area (Å²) in [6, 6.07) is 15.5. The quantitative estimate of drug-likeness (QED) is 0.676. The number of aromatic nitrogens is 2. The highest BCUT2D eigenvalue weighted by Gasteiger charge is 2.14. The number of rotatable bonds is 7. The maximum absolute atomic E-state index is 12.6. The molecule has 0 unspecified atom stereocenters. The standard InChI is InChI=1S/C21H24N4O2/c1-3-20(26)22-12-11-19-24-17-9-4-5-10-18(17)25(19)14-21(27)23-16-8-6-7-15(2)13-16/h4-10,13H,3,11-12,14H2,1-2H3,(H,22,26)(H,23,27). The molecule has 0 aliphatic rings. The highest BCUT2D eigenvalue weighted by atomic mass is 16.2. The molecule has 2 N–H and O–H groups in total. The molecule has 0 bridgehead atoms. The Morgan fingerprint density at radius 2 is 1.89 bits per heavy atom. The summed E-state index contributed by atoms with van der Waals surface area (Å²) in [7, 11) is 0.